The topological polar surface area (TPSA) is 64.3 Å². The molecule has 0 aromatic rings. The Morgan fingerprint density at radius 3 is 2.57 bits per heavy atom. The van der Waals surface area contributed by atoms with Crippen LogP contribution in [0.1, 0.15) is 33.6 Å². The third-order valence-electron chi connectivity index (χ3n) is 2.53. The van der Waals surface area contributed by atoms with Gasteiger partial charge in [-0.2, -0.15) is 0 Å². The Morgan fingerprint density at radius 2 is 2.21 bits per heavy atom. The highest BCUT2D eigenvalue weighted by atomic mass is 16.5. The van der Waals surface area contributed by atoms with E-state index in [1.807, 2.05) is 13.8 Å². The standard InChI is InChI=1S/C10H22N2O2/c1-5-8(2)12-10(3,9(11)13)6-7-14-4/h8,12H,5-7H2,1-4H3,(H2,11,13). The minimum atomic E-state index is -0.661. The lowest BCUT2D eigenvalue weighted by Crippen LogP contribution is -2.56. The largest absolute Gasteiger partial charge is 0.385 e. The monoisotopic (exact) mass is 202 g/mol. The number of methoxy groups -OCH3 is 1. The summed E-state index contributed by atoms with van der Waals surface area (Å²) in [7, 11) is 1.62. The molecule has 0 spiro atoms. The van der Waals surface area contributed by atoms with Crippen LogP contribution in [0.25, 0.3) is 0 Å². The first-order valence-electron chi connectivity index (χ1n) is 5.02. The van der Waals surface area contributed by atoms with Crippen molar-refractivity contribution in [3.63, 3.8) is 0 Å². The minimum absolute atomic E-state index is 0.282. The second-order valence-electron chi connectivity index (χ2n) is 3.89. The van der Waals surface area contributed by atoms with Gasteiger partial charge in [0.15, 0.2) is 0 Å². The molecule has 0 heterocycles. The van der Waals surface area contributed by atoms with Crippen LogP contribution < -0.4 is 11.1 Å². The number of amides is 1. The van der Waals surface area contributed by atoms with Crippen LogP contribution in [0.15, 0.2) is 0 Å². The second kappa shape index (κ2) is 5.98. The van der Waals surface area contributed by atoms with Gasteiger partial charge in [0.1, 0.15) is 0 Å². The molecule has 0 bridgehead atoms. The van der Waals surface area contributed by atoms with Crippen molar-refractivity contribution in [2.24, 2.45) is 5.73 Å². The summed E-state index contributed by atoms with van der Waals surface area (Å²) in [6, 6.07) is 0.282. The first-order valence-corrected chi connectivity index (χ1v) is 5.02. The Balaban J connectivity index is 4.31. The fraction of sp³-hybridized carbons (Fsp3) is 0.900. The summed E-state index contributed by atoms with van der Waals surface area (Å²) in [5.41, 5.74) is 4.70. The van der Waals surface area contributed by atoms with Crippen LogP contribution in [0.4, 0.5) is 0 Å². The number of carbonyl (C=O) groups is 1. The van der Waals surface area contributed by atoms with Crippen LogP contribution in [0.3, 0.4) is 0 Å². The van der Waals surface area contributed by atoms with Gasteiger partial charge in [0.2, 0.25) is 5.91 Å². The van der Waals surface area contributed by atoms with E-state index in [-0.39, 0.29) is 11.9 Å². The molecule has 0 saturated carbocycles. The number of hydrogen-bond donors (Lipinski definition) is 2. The molecule has 4 nitrogen and oxygen atoms in total. The SMILES string of the molecule is CCC(C)NC(C)(CCOC)C(N)=O. The van der Waals surface area contributed by atoms with Crippen LogP contribution in [0.2, 0.25) is 0 Å². The molecule has 3 N–H and O–H groups in total. The highest BCUT2D eigenvalue weighted by Gasteiger charge is 2.31. The third kappa shape index (κ3) is 4.07. The maximum atomic E-state index is 11.3. The van der Waals surface area contributed by atoms with E-state index in [1.54, 1.807) is 7.11 Å². The van der Waals surface area contributed by atoms with Crippen molar-refractivity contribution in [2.75, 3.05) is 13.7 Å². The summed E-state index contributed by atoms with van der Waals surface area (Å²) < 4.78 is 4.96. The van der Waals surface area contributed by atoms with Crippen molar-refractivity contribution in [2.45, 2.75) is 45.2 Å². The normalized spacial score (nSPS) is 17.4. The number of nitrogens with one attached hydrogen (secondary N) is 1. The lowest BCUT2D eigenvalue weighted by atomic mass is 9.96. The molecule has 14 heavy (non-hydrogen) atoms. The fourth-order valence-electron chi connectivity index (χ4n) is 1.22. The van der Waals surface area contributed by atoms with Gasteiger partial charge in [-0.15, -0.1) is 0 Å². The number of rotatable bonds is 7. The summed E-state index contributed by atoms with van der Waals surface area (Å²) in [6.07, 6.45) is 1.57. The van der Waals surface area contributed by atoms with Crippen LogP contribution in [-0.2, 0) is 9.53 Å². The molecule has 0 rings (SSSR count). The molecule has 2 unspecified atom stereocenters. The smallest absolute Gasteiger partial charge is 0.237 e. The van der Waals surface area contributed by atoms with Crippen LogP contribution in [0.5, 0.6) is 0 Å². The highest BCUT2D eigenvalue weighted by Crippen LogP contribution is 2.11. The van der Waals surface area contributed by atoms with Gasteiger partial charge >= 0.3 is 0 Å². The minimum Gasteiger partial charge on any atom is -0.385 e. The van der Waals surface area contributed by atoms with Crippen molar-refractivity contribution < 1.29 is 9.53 Å². The molecular formula is C10H22N2O2. The van der Waals surface area contributed by atoms with E-state index in [0.717, 1.165) is 6.42 Å². The van der Waals surface area contributed by atoms with Crippen molar-refractivity contribution in [1.82, 2.24) is 5.32 Å². The molecule has 1 amide bonds. The van der Waals surface area contributed by atoms with E-state index in [1.165, 1.54) is 0 Å². The Labute approximate surface area is 86.2 Å². The summed E-state index contributed by atoms with van der Waals surface area (Å²) in [5, 5.41) is 3.22. The molecular weight excluding hydrogens is 180 g/mol. The van der Waals surface area contributed by atoms with Crippen molar-refractivity contribution in [3.05, 3.63) is 0 Å². The Hall–Kier alpha value is -0.610. The van der Waals surface area contributed by atoms with E-state index in [0.29, 0.717) is 13.0 Å². The molecule has 0 aliphatic rings. The van der Waals surface area contributed by atoms with Crippen molar-refractivity contribution >= 4 is 5.91 Å². The van der Waals surface area contributed by atoms with Gasteiger partial charge < -0.3 is 15.8 Å². The van der Waals surface area contributed by atoms with E-state index < -0.39 is 5.54 Å². The van der Waals surface area contributed by atoms with Gasteiger partial charge in [-0.05, 0) is 26.7 Å². The van der Waals surface area contributed by atoms with E-state index >= 15 is 0 Å². The number of ether oxygens (including phenoxy) is 1. The lowest BCUT2D eigenvalue weighted by molar-refractivity contribution is -0.124. The molecule has 0 aromatic heterocycles. The van der Waals surface area contributed by atoms with Gasteiger partial charge in [-0.1, -0.05) is 6.92 Å². The van der Waals surface area contributed by atoms with Crippen LogP contribution in [0, 0.1) is 0 Å². The third-order valence-corrected chi connectivity index (χ3v) is 2.53. The highest BCUT2D eigenvalue weighted by molar-refractivity contribution is 5.84. The predicted octanol–water partition coefficient (Wildman–Crippen LogP) is 0.655. The lowest BCUT2D eigenvalue weighted by Gasteiger charge is -2.30. The molecule has 0 aromatic carbocycles. The van der Waals surface area contributed by atoms with Crippen molar-refractivity contribution in [3.8, 4) is 0 Å². The summed E-state index contributed by atoms with van der Waals surface area (Å²) in [4.78, 5) is 11.3. The number of primary amides is 1. The number of carbonyl (C=O) groups excluding carboxylic acids is 1. The predicted molar refractivity (Wildman–Crippen MR) is 57.0 cm³/mol. The maximum Gasteiger partial charge on any atom is 0.237 e. The first kappa shape index (κ1) is 13.4. The zero-order chi connectivity index (χ0) is 11.2. The molecule has 2 atom stereocenters. The Bertz CT molecular complexity index is 185. The Kier molecular flexibility index (Phi) is 5.72. The number of nitrogens with two attached hydrogens (primary N) is 1. The fourth-order valence-corrected chi connectivity index (χ4v) is 1.22. The first-order chi connectivity index (χ1) is 6.46. The van der Waals surface area contributed by atoms with Gasteiger partial charge in [0.25, 0.3) is 0 Å². The maximum absolute atomic E-state index is 11.3. The molecule has 0 saturated heterocycles. The van der Waals surface area contributed by atoms with Crippen LogP contribution >= 0.6 is 0 Å². The van der Waals surface area contributed by atoms with Gasteiger partial charge in [0.05, 0.1) is 5.54 Å². The summed E-state index contributed by atoms with van der Waals surface area (Å²) in [5.74, 6) is -0.324. The second-order valence-corrected chi connectivity index (χ2v) is 3.89. The molecule has 84 valence electrons. The van der Waals surface area contributed by atoms with Gasteiger partial charge in [0, 0.05) is 19.8 Å². The average molecular weight is 202 g/mol. The van der Waals surface area contributed by atoms with E-state index in [4.69, 9.17) is 10.5 Å². The zero-order valence-corrected chi connectivity index (χ0v) is 9.59. The Morgan fingerprint density at radius 1 is 1.64 bits per heavy atom. The van der Waals surface area contributed by atoms with E-state index in [2.05, 4.69) is 12.2 Å². The van der Waals surface area contributed by atoms with Crippen LogP contribution in [-0.4, -0.2) is 31.2 Å². The zero-order valence-electron chi connectivity index (χ0n) is 9.59. The summed E-state index contributed by atoms with van der Waals surface area (Å²) >= 11 is 0. The average Bonchev–Trinajstić information content (AvgIpc) is 2.14. The number of hydrogen-bond acceptors (Lipinski definition) is 3. The molecule has 0 fully saturated rings. The molecule has 0 aliphatic heterocycles. The van der Waals surface area contributed by atoms with Gasteiger partial charge in [-0.25, -0.2) is 0 Å². The molecule has 0 aliphatic carbocycles. The summed E-state index contributed by atoms with van der Waals surface area (Å²) in [6.45, 7) is 6.45. The molecule has 0 radical (unpaired) electrons. The van der Waals surface area contributed by atoms with E-state index in [9.17, 15) is 4.79 Å². The quantitative estimate of drug-likeness (QED) is 0.637. The van der Waals surface area contributed by atoms with Crippen molar-refractivity contribution in [1.29, 1.82) is 0 Å². The van der Waals surface area contributed by atoms with Gasteiger partial charge in [-0.3, -0.25) is 4.79 Å². The molecule has 4 heteroatoms.